The number of aromatic nitrogens is 2. The van der Waals surface area contributed by atoms with Crippen LogP contribution in [0.3, 0.4) is 0 Å². The number of primary amides is 1. The van der Waals surface area contributed by atoms with Crippen LogP contribution in [-0.2, 0) is 0 Å². The van der Waals surface area contributed by atoms with Crippen LogP contribution >= 0.6 is 0 Å². The van der Waals surface area contributed by atoms with Crippen LogP contribution in [0.4, 0.5) is 23.0 Å². The third-order valence-electron chi connectivity index (χ3n) is 6.83. The minimum Gasteiger partial charge on any atom is -0.371 e. The van der Waals surface area contributed by atoms with Gasteiger partial charge >= 0.3 is 0 Å². The van der Waals surface area contributed by atoms with Gasteiger partial charge < -0.3 is 26.2 Å². The zero-order chi connectivity index (χ0) is 21.3. The summed E-state index contributed by atoms with van der Waals surface area (Å²) in [6, 6.07) is 8.35. The molecule has 0 aliphatic carbocycles. The summed E-state index contributed by atoms with van der Waals surface area (Å²) < 4.78 is 0. The molecule has 4 heterocycles. The van der Waals surface area contributed by atoms with E-state index in [1.165, 1.54) is 24.9 Å². The maximum Gasteiger partial charge on any atom is 0.271 e. The number of benzene rings is 1. The second-order valence-corrected chi connectivity index (χ2v) is 9.14. The third kappa shape index (κ3) is 4.17. The molecule has 1 amide bonds. The molecular weight excluding hydrogens is 390 g/mol. The van der Waals surface area contributed by atoms with Crippen LogP contribution in [0.1, 0.15) is 42.6 Å². The SMILES string of the molecule is NC(=O)c1ncc(N2CCCCC2)nc1Nc1ccc(N2CCCC3(CNC3)C2)cc1. The molecule has 3 aliphatic rings. The van der Waals surface area contributed by atoms with E-state index in [1.807, 2.05) is 12.1 Å². The van der Waals surface area contributed by atoms with Gasteiger partial charge in [0.15, 0.2) is 11.5 Å². The van der Waals surface area contributed by atoms with Crippen LogP contribution < -0.4 is 26.2 Å². The van der Waals surface area contributed by atoms with Gasteiger partial charge in [0.05, 0.1) is 6.20 Å². The van der Waals surface area contributed by atoms with Crippen LogP contribution in [0, 0.1) is 5.41 Å². The average molecular weight is 422 g/mol. The number of carbonyl (C=O) groups excluding carboxylic acids is 1. The fraction of sp³-hybridized carbons (Fsp3) is 0.522. The Hall–Kier alpha value is -2.87. The average Bonchev–Trinajstić information content (AvgIpc) is 2.79. The summed E-state index contributed by atoms with van der Waals surface area (Å²) >= 11 is 0. The number of piperidine rings is 2. The van der Waals surface area contributed by atoms with E-state index in [-0.39, 0.29) is 5.69 Å². The molecule has 8 nitrogen and oxygen atoms in total. The van der Waals surface area contributed by atoms with Crippen molar-refractivity contribution in [2.45, 2.75) is 32.1 Å². The molecule has 0 radical (unpaired) electrons. The van der Waals surface area contributed by atoms with Gasteiger partial charge in [0.1, 0.15) is 5.82 Å². The Morgan fingerprint density at radius 2 is 1.77 bits per heavy atom. The van der Waals surface area contributed by atoms with Crippen molar-refractivity contribution in [2.24, 2.45) is 11.1 Å². The van der Waals surface area contributed by atoms with E-state index in [0.717, 1.165) is 63.6 Å². The maximum atomic E-state index is 11.9. The Morgan fingerprint density at radius 3 is 2.45 bits per heavy atom. The van der Waals surface area contributed by atoms with E-state index >= 15 is 0 Å². The molecule has 8 heteroatoms. The number of amides is 1. The van der Waals surface area contributed by atoms with E-state index in [0.29, 0.717) is 11.2 Å². The number of rotatable bonds is 5. The summed E-state index contributed by atoms with van der Waals surface area (Å²) in [5.74, 6) is 0.627. The fourth-order valence-electron chi connectivity index (χ4n) is 5.01. The van der Waals surface area contributed by atoms with E-state index < -0.39 is 5.91 Å². The number of nitrogens with two attached hydrogens (primary N) is 1. The topological polar surface area (TPSA) is 99.4 Å². The lowest BCUT2D eigenvalue weighted by atomic mass is 9.75. The van der Waals surface area contributed by atoms with Gasteiger partial charge in [-0.2, -0.15) is 0 Å². The van der Waals surface area contributed by atoms with Crippen molar-refractivity contribution in [1.29, 1.82) is 0 Å². The molecule has 0 bridgehead atoms. The summed E-state index contributed by atoms with van der Waals surface area (Å²) in [6.07, 6.45) is 7.76. The van der Waals surface area contributed by atoms with Crippen molar-refractivity contribution in [1.82, 2.24) is 15.3 Å². The molecule has 0 saturated carbocycles. The molecule has 3 aliphatic heterocycles. The van der Waals surface area contributed by atoms with Crippen molar-refractivity contribution in [3.8, 4) is 0 Å². The molecule has 5 rings (SSSR count). The highest BCUT2D eigenvalue weighted by molar-refractivity contribution is 5.96. The minimum absolute atomic E-state index is 0.167. The summed E-state index contributed by atoms with van der Waals surface area (Å²) in [4.78, 5) is 25.6. The Morgan fingerprint density at radius 1 is 1.03 bits per heavy atom. The Kier molecular flexibility index (Phi) is 5.40. The van der Waals surface area contributed by atoms with Gasteiger partial charge in [0.25, 0.3) is 5.91 Å². The van der Waals surface area contributed by atoms with Gasteiger partial charge in [0, 0.05) is 56.1 Å². The standard InChI is InChI=1S/C23H31N7O/c24-21(31)20-22(28-19(13-26-20)29-10-2-1-3-11-29)27-17-5-7-18(8-6-17)30-12-4-9-23(16-30)14-25-15-23/h5-8,13,25H,1-4,9-12,14-16H2,(H2,24,31)(H,27,28). The molecule has 3 fully saturated rings. The number of hydrogen-bond donors (Lipinski definition) is 3. The van der Waals surface area contributed by atoms with E-state index in [2.05, 4.69) is 37.6 Å². The molecule has 0 atom stereocenters. The number of carbonyl (C=O) groups is 1. The summed E-state index contributed by atoms with van der Waals surface area (Å²) in [7, 11) is 0. The van der Waals surface area contributed by atoms with Gasteiger partial charge in [-0.15, -0.1) is 0 Å². The highest BCUT2D eigenvalue weighted by atomic mass is 16.1. The van der Waals surface area contributed by atoms with Gasteiger partial charge in [-0.05, 0) is 56.4 Å². The van der Waals surface area contributed by atoms with Gasteiger partial charge in [0.2, 0.25) is 0 Å². The Bertz CT molecular complexity index is 935. The van der Waals surface area contributed by atoms with Crippen LogP contribution in [0.15, 0.2) is 30.5 Å². The van der Waals surface area contributed by atoms with E-state index in [9.17, 15) is 4.79 Å². The van der Waals surface area contributed by atoms with Crippen molar-refractivity contribution < 1.29 is 4.79 Å². The van der Waals surface area contributed by atoms with Crippen LogP contribution in [0.25, 0.3) is 0 Å². The smallest absolute Gasteiger partial charge is 0.271 e. The first kappa shape index (κ1) is 20.1. The first-order valence-corrected chi connectivity index (χ1v) is 11.4. The predicted octanol–water partition coefficient (Wildman–Crippen LogP) is 2.50. The molecule has 0 unspecified atom stereocenters. The lowest BCUT2D eigenvalue weighted by Gasteiger charge is -2.50. The van der Waals surface area contributed by atoms with Crippen molar-refractivity contribution >= 4 is 28.9 Å². The second kappa shape index (κ2) is 8.34. The maximum absolute atomic E-state index is 11.9. The zero-order valence-electron chi connectivity index (χ0n) is 17.9. The molecule has 1 spiro atoms. The van der Waals surface area contributed by atoms with Crippen molar-refractivity contribution in [3.63, 3.8) is 0 Å². The minimum atomic E-state index is -0.579. The second-order valence-electron chi connectivity index (χ2n) is 9.14. The lowest BCUT2D eigenvalue weighted by molar-refractivity contribution is 0.0996. The highest BCUT2D eigenvalue weighted by Crippen LogP contribution is 2.36. The molecule has 164 valence electrons. The van der Waals surface area contributed by atoms with Gasteiger partial charge in [-0.1, -0.05) is 0 Å². The lowest BCUT2D eigenvalue weighted by Crippen LogP contribution is -2.61. The van der Waals surface area contributed by atoms with Crippen molar-refractivity contribution in [3.05, 3.63) is 36.2 Å². The van der Waals surface area contributed by atoms with E-state index in [4.69, 9.17) is 10.7 Å². The quantitative estimate of drug-likeness (QED) is 0.682. The molecule has 4 N–H and O–H groups in total. The normalized spacial score (nSPS) is 20.4. The molecular formula is C23H31N7O. The molecule has 31 heavy (non-hydrogen) atoms. The van der Waals surface area contributed by atoms with Crippen molar-refractivity contribution in [2.75, 3.05) is 54.4 Å². The molecule has 2 aromatic rings. The van der Waals surface area contributed by atoms with E-state index in [1.54, 1.807) is 6.20 Å². The number of nitrogens with one attached hydrogen (secondary N) is 2. The highest BCUT2D eigenvalue weighted by Gasteiger charge is 2.40. The van der Waals surface area contributed by atoms with Gasteiger partial charge in [-0.3, -0.25) is 4.79 Å². The summed E-state index contributed by atoms with van der Waals surface area (Å²) in [5, 5.41) is 6.70. The first-order chi connectivity index (χ1) is 15.1. The van der Waals surface area contributed by atoms with Crippen LogP contribution in [0.2, 0.25) is 0 Å². The summed E-state index contributed by atoms with van der Waals surface area (Å²) in [6.45, 7) is 6.40. The van der Waals surface area contributed by atoms with Crippen LogP contribution in [-0.4, -0.2) is 55.1 Å². The fourth-order valence-corrected chi connectivity index (χ4v) is 5.01. The molecule has 1 aromatic heterocycles. The largest absolute Gasteiger partial charge is 0.371 e. The number of nitrogens with zero attached hydrogens (tertiary/aromatic N) is 4. The number of anilines is 4. The number of hydrogen-bond acceptors (Lipinski definition) is 7. The third-order valence-corrected chi connectivity index (χ3v) is 6.83. The van der Waals surface area contributed by atoms with Gasteiger partial charge in [-0.25, -0.2) is 9.97 Å². The Labute approximate surface area is 183 Å². The Balaban J connectivity index is 1.33. The molecule has 1 aromatic carbocycles. The monoisotopic (exact) mass is 421 g/mol. The predicted molar refractivity (Wildman–Crippen MR) is 123 cm³/mol. The zero-order valence-corrected chi connectivity index (χ0v) is 17.9. The molecule has 3 saturated heterocycles. The first-order valence-electron chi connectivity index (χ1n) is 11.4. The van der Waals surface area contributed by atoms with Crippen LogP contribution in [0.5, 0.6) is 0 Å². The summed E-state index contributed by atoms with van der Waals surface area (Å²) in [5.41, 5.74) is 8.28.